The van der Waals surface area contributed by atoms with Crippen LogP contribution in [-0.4, -0.2) is 49.3 Å². The van der Waals surface area contributed by atoms with Crippen LogP contribution in [0.25, 0.3) is 5.57 Å². The number of benzene rings is 1. The normalized spacial score (nSPS) is 17.1. The fourth-order valence-electron chi connectivity index (χ4n) is 3.25. The number of alkyl halides is 3. The van der Waals surface area contributed by atoms with E-state index in [4.69, 9.17) is 16.3 Å². The van der Waals surface area contributed by atoms with Crippen LogP contribution < -0.4 is 14.8 Å². The highest BCUT2D eigenvalue weighted by Crippen LogP contribution is 2.30. The molecule has 182 valence electrons. The monoisotopic (exact) mass is 517 g/mol. The molecule has 13 heteroatoms. The van der Waals surface area contributed by atoms with Gasteiger partial charge in [-0.25, -0.2) is 18.2 Å². The maximum Gasteiger partial charge on any atom is 0.573 e. The number of halogens is 4. The minimum Gasteiger partial charge on any atom is -0.406 e. The van der Waals surface area contributed by atoms with Crippen molar-refractivity contribution in [2.75, 3.05) is 13.1 Å². The van der Waals surface area contributed by atoms with Gasteiger partial charge in [-0.05, 0) is 61.2 Å². The number of amides is 1. The predicted molar refractivity (Wildman–Crippen MR) is 116 cm³/mol. The molecule has 0 radical (unpaired) electrons. The van der Waals surface area contributed by atoms with E-state index >= 15 is 0 Å². The van der Waals surface area contributed by atoms with Gasteiger partial charge in [0.25, 0.3) is 0 Å². The summed E-state index contributed by atoms with van der Waals surface area (Å²) in [4.78, 5) is 16.0. The average molecular weight is 518 g/mol. The fourth-order valence-corrected chi connectivity index (χ4v) is 4.77. The summed E-state index contributed by atoms with van der Waals surface area (Å²) in [6, 6.07) is 7.31. The molecule has 0 spiro atoms. The second-order valence-electron chi connectivity index (χ2n) is 7.65. The molecule has 0 bridgehead atoms. The van der Waals surface area contributed by atoms with E-state index in [-0.39, 0.29) is 34.9 Å². The van der Waals surface area contributed by atoms with Crippen molar-refractivity contribution >= 4 is 33.3 Å². The Morgan fingerprint density at radius 1 is 1.15 bits per heavy atom. The Morgan fingerprint density at radius 3 is 2.44 bits per heavy atom. The molecule has 1 N–H and O–H groups in total. The molecule has 8 nitrogen and oxygen atoms in total. The van der Waals surface area contributed by atoms with E-state index in [1.807, 2.05) is 0 Å². The molecular formula is C21H19ClF3N3O5S. The van der Waals surface area contributed by atoms with Gasteiger partial charge in [0.2, 0.25) is 15.9 Å². The number of nitrogens with one attached hydrogen (secondary N) is 1. The van der Waals surface area contributed by atoms with Gasteiger partial charge in [-0.3, -0.25) is 0 Å². The summed E-state index contributed by atoms with van der Waals surface area (Å²) in [5, 5.41) is 2.83. The van der Waals surface area contributed by atoms with Crippen molar-refractivity contribution in [1.82, 2.24) is 14.6 Å². The molecular weight excluding hydrogens is 499 g/mol. The first-order valence-corrected chi connectivity index (χ1v) is 12.0. The first-order valence-electron chi connectivity index (χ1n) is 10.2. The van der Waals surface area contributed by atoms with Crippen LogP contribution in [0.1, 0.15) is 25.0 Å². The zero-order valence-corrected chi connectivity index (χ0v) is 19.1. The van der Waals surface area contributed by atoms with Crippen LogP contribution in [0.2, 0.25) is 5.02 Å². The van der Waals surface area contributed by atoms with E-state index in [1.165, 1.54) is 10.4 Å². The van der Waals surface area contributed by atoms with Crippen molar-refractivity contribution in [1.29, 1.82) is 0 Å². The first kappa shape index (κ1) is 24.3. The number of sulfonamides is 1. The Hall–Kier alpha value is -2.83. The van der Waals surface area contributed by atoms with Gasteiger partial charge in [0, 0.05) is 19.1 Å². The molecule has 34 heavy (non-hydrogen) atoms. The summed E-state index contributed by atoms with van der Waals surface area (Å²) in [5.41, 5.74) is 1.23. The largest absolute Gasteiger partial charge is 0.573 e. The van der Waals surface area contributed by atoms with Crippen LogP contribution in [0, 0.1) is 0 Å². The number of hydrogen-bond donors (Lipinski definition) is 1. The van der Waals surface area contributed by atoms with Gasteiger partial charge >= 0.3 is 12.5 Å². The minimum absolute atomic E-state index is 0.0289. The molecule has 0 atom stereocenters. The Morgan fingerprint density at radius 2 is 1.85 bits per heavy atom. The molecule has 2 aromatic rings. The van der Waals surface area contributed by atoms with Crippen LogP contribution >= 0.6 is 11.6 Å². The van der Waals surface area contributed by atoms with Crippen molar-refractivity contribution in [3.63, 3.8) is 0 Å². The maximum atomic E-state index is 12.9. The molecule has 0 unspecified atom stereocenters. The second kappa shape index (κ2) is 9.43. The van der Waals surface area contributed by atoms with Gasteiger partial charge in [0.05, 0.1) is 10.6 Å². The van der Waals surface area contributed by atoms with Gasteiger partial charge in [-0.15, -0.1) is 13.2 Å². The Bertz CT molecular complexity index is 1220. The van der Waals surface area contributed by atoms with Crippen molar-refractivity contribution < 1.29 is 35.9 Å². The molecule has 1 fully saturated rings. The van der Waals surface area contributed by atoms with Crippen molar-refractivity contribution in [2.24, 2.45) is 0 Å². The highest BCUT2D eigenvalue weighted by Gasteiger charge is 2.32. The van der Waals surface area contributed by atoms with Crippen LogP contribution in [0.5, 0.6) is 11.6 Å². The molecule has 2 aliphatic rings. The highest BCUT2D eigenvalue weighted by molar-refractivity contribution is 7.89. The summed E-state index contributed by atoms with van der Waals surface area (Å²) in [6.45, 7) is 0.152. The third-order valence-electron chi connectivity index (χ3n) is 5.10. The number of pyridine rings is 1. The Kier molecular flexibility index (Phi) is 6.74. The van der Waals surface area contributed by atoms with Crippen LogP contribution in [0.3, 0.4) is 0 Å². The quantitative estimate of drug-likeness (QED) is 0.611. The number of carbonyl (C=O) groups is 1. The molecule has 0 saturated heterocycles. The van der Waals surface area contributed by atoms with Gasteiger partial charge in [0.15, 0.2) is 0 Å². The van der Waals surface area contributed by atoms with Crippen molar-refractivity contribution in [2.45, 2.75) is 36.6 Å². The smallest absolute Gasteiger partial charge is 0.406 e. The van der Waals surface area contributed by atoms with E-state index in [0.29, 0.717) is 12.1 Å². The number of aromatic nitrogens is 1. The maximum absolute atomic E-state index is 12.9. The van der Waals surface area contributed by atoms with Gasteiger partial charge in [-0.1, -0.05) is 17.7 Å². The average Bonchev–Trinajstić information content (AvgIpc) is 3.58. The topological polar surface area (TPSA) is 97.8 Å². The summed E-state index contributed by atoms with van der Waals surface area (Å²) in [5.74, 6) is -0.556. The molecule has 1 amide bonds. The number of rotatable bonds is 6. The summed E-state index contributed by atoms with van der Waals surface area (Å²) in [7, 11) is -3.93. The molecule has 1 aromatic carbocycles. The Labute approximate surface area is 198 Å². The lowest BCUT2D eigenvalue weighted by Gasteiger charge is -2.26. The number of ether oxygens (including phenoxy) is 2. The summed E-state index contributed by atoms with van der Waals surface area (Å²) < 4.78 is 72.8. The van der Waals surface area contributed by atoms with Crippen molar-refractivity contribution in [3.05, 3.63) is 53.2 Å². The molecule has 2 heterocycles. The number of nitrogens with zero attached hydrogens (tertiary/aromatic N) is 2. The summed E-state index contributed by atoms with van der Waals surface area (Å²) in [6.07, 6.45) is -1.72. The molecule has 1 aliphatic heterocycles. The van der Waals surface area contributed by atoms with Crippen LogP contribution in [-0.2, 0) is 10.0 Å². The fraction of sp³-hybridized carbons (Fsp3) is 0.333. The molecule has 1 aromatic heterocycles. The van der Waals surface area contributed by atoms with Gasteiger partial charge in [-0.2, -0.15) is 4.31 Å². The van der Waals surface area contributed by atoms with E-state index in [9.17, 15) is 26.4 Å². The molecule has 4 rings (SSSR count). The Balaban J connectivity index is 1.44. The van der Waals surface area contributed by atoms with Gasteiger partial charge in [0.1, 0.15) is 10.8 Å². The standard InChI is InChI=1S/C21H19ClF3N3O5S/c22-17-7-8-18(27-19(17)32-20(29)26-14-1-2-14)13-9-11-28(12-10-13)34(30,31)16-5-3-15(4-6-16)33-21(23,24)25/h3-9,14H,1-2,10-12H2,(H,26,29). The third-order valence-corrected chi connectivity index (χ3v) is 7.27. The van der Waals surface area contributed by atoms with Gasteiger partial charge < -0.3 is 14.8 Å². The lowest BCUT2D eigenvalue weighted by atomic mass is 10.1. The SMILES string of the molecule is O=C(NC1CC1)Oc1nc(C2=CCN(S(=O)(=O)c3ccc(OC(F)(F)F)cc3)CC2)ccc1Cl. The van der Waals surface area contributed by atoms with E-state index in [2.05, 4.69) is 15.0 Å². The predicted octanol–water partition coefficient (Wildman–Crippen LogP) is 4.36. The first-order chi connectivity index (χ1) is 16.0. The van der Waals surface area contributed by atoms with Crippen LogP contribution in [0.15, 0.2) is 47.4 Å². The minimum atomic E-state index is -4.86. The van der Waals surface area contributed by atoms with E-state index < -0.39 is 28.2 Å². The number of hydrogen-bond acceptors (Lipinski definition) is 6. The van der Waals surface area contributed by atoms with Crippen molar-refractivity contribution in [3.8, 4) is 11.6 Å². The lowest BCUT2D eigenvalue weighted by molar-refractivity contribution is -0.274. The van der Waals surface area contributed by atoms with E-state index in [0.717, 1.165) is 42.7 Å². The molecule has 1 saturated carbocycles. The zero-order chi connectivity index (χ0) is 24.5. The second-order valence-corrected chi connectivity index (χ2v) is 10.00. The highest BCUT2D eigenvalue weighted by atomic mass is 35.5. The summed E-state index contributed by atoms with van der Waals surface area (Å²) >= 11 is 6.08. The lowest BCUT2D eigenvalue weighted by Crippen LogP contribution is -2.34. The molecule has 1 aliphatic carbocycles. The van der Waals surface area contributed by atoms with Crippen LogP contribution in [0.4, 0.5) is 18.0 Å². The van der Waals surface area contributed by atoms with E-state index in [1.54, 1.807) is 12.1 Å². The third kappa shape index (κ3) is 5.99. The zero-order valence-electron chi connectivity index (χ0n) is 17.5. The number of carbonyl (C=O) groups excluding carboxylic acids is 1.